The lowest BCUT2D eigenvalue weighted by molar-refractivity contribution is -0.138. The first-order valence-electron chi connectivity index (χ1n) is 14.3. The van der Waals surface area contributed by atoms with Gasteiger partial charge in [0.2, 0.25) is 0 Å². The Balaban J connectivity index is 1.50. The summed E-state index contributed by atoms with van der Waals surface area (Å²) in [7, 11) is 0. The summed E-state index contributed by atoms with van der Waals surface area (Å²) in [6.45, 7) is 3.92. The number of carbonyl (C=O) groups excluding carboxylic acids is 2. The van der Waals surface area contributed by atoms with E-state index >= 15 is 0 Å². The molecule has 0 aliphatic carbocycles. The van der Waals surface area contributed by atoms with Crippen LogP contribution in [0, 0.1) is 0 Å². The number of halogens is 1. The Bertz CT molecular complexity index is 2110. The molecular formula is C35H27ClN2O6S. The molecule has 3 heterocycles. The largest absolute Gasteiger partial charge is 0.463 e. The zero-order valence-electron chi connectivity index (χ0n) is 24.4. The van der Waals surface area contributed by atoms with Crippen LogP contribution in [0.2, 0.25) is 5.02 Å². The molecule has 0 radical (unpaired) electrons. The van der Waals surface area contributed by atoms with Gasteiger partial charge in [-0.05, 0) is 55.8 Å². The third-order valence-corrected chi connectivity index (χ3v) is 8.35. The number of furan rings is 1. The van der Waals surface area contributed by atoms with E-state index in [9.17, 15) is 14.4 Å². The van der Waals surface area contributed by atoms with Crippen molar-refractivity contribution in [3.05, 3.63) is 144 Å². The number of thiazole rings is 1. The van der Waals surface area contributed by atoms with Crippen LogP contribution in [-0.2, 0) is 14.3 Å². The number of fused-ring (bicyclic) bond motifs is 1. The highest BCUT2D eigenvalue weighted by Gasteiger charge is 2.35. The predicted molar refractivity (Wildman–Crippen MR) is 173 cm³/mol. The van der Waals surface area contributed by atoms with Gasteiger partial charge in [0.25, 0.3) is 5.56 Å². The van der Waals surface area contributed by atoms with Crippen LogP contribution in [0.15, 0.2) is 111 Å². The molecule has 1 aliphatic rings. The van der Waals surface area contributed by atoms with E-state index in [-0.39, 0.29) is 24.3 Å². The van der Waals surface area contributed by atoms with Crippen LogP contribution in [-0.4, -0.2) is 29.7 Å². The third-order valence-electron chi connectivity index (χ3n) is 7.12. The first-order valence-corrected chi connectivity index (χ1v) is 15.5. The van der Waals surface area contributed by atoms with Gasteiger partial charge < -0.3 is 13.9 Å². The minimum Gasteiger partial charge on any atom is -0.463 e. The smallest absolute Gasteiger partial charge is 0.338 e. The lowest BCUT2D eigenvalue weighted by Crippen LogP contribution is -2.39. The van der Waals surface area contributed by atoms with E-state index in [1.807, 2.05) is 36.4 Å². The number of hydrogen-bond acceptors (Lipinski definition) is 8. The summed E-state index contributed by atoms with van der Waals surface area (Å²) in [5.74, 6) is -0.0162. The standard InChI is InChI=1S/C35H27ClN2O6S/c1-3-42-33(40)24-12-8-11-23(19-24)27-18-17-26(44-27)20-28-32(39)38-31(22-13-15-25(36)16-14-22)29(34(41)43-4-2)30(37-35(38)45-28)21-9-6-5-7-10-21/h5-20,31H,3-4H2,1-2H3/b28-20-. The van der Waals surface area contributed by atoms with Gasteiger partial charge in [-0.1, -0.05) is 77.5 Å². The molecule has 1 unspecified atom stereocenters. The predicted octanol–water partition coefficient (Wildman–Crippen LogP) is 6.03. The molecule has 0 spiro atoms. The van der Waals surface area contributed by atoms with Gasteiger partial charge in [-0.2, -0.15) is 0 Å². The topological polar surface area (TPSA) is 100 Å². The molecule has 45 heavy (non-hydrogen) atoms. The van der Waals surface area contributed by atoms with Crippen molar-refractivity contribution in [2.45, 2.75) is 19.9 Å². The minimum absolute atomic E-state index is 0.158. The molecule has 10 heteroatoms. The molecule has 0 saturated carbocycles. The Morgan fingerprint density at radius 1 is 0.911 bits per heavy atom. The van der Waals surface area contributed by atoms with Gasteiger partial charge in [0.05, 0.1) is 40.6 Å². The van der Waals surface area contributed by atoms with Crippen molar-refractivity contribution < 1.29 is 23.5 Å². The second kappa shape index (κ2) is 12.9. The molecule has 6 rings (SSSR count). The first-order chi connectivity index (χ1) is 21.9. The average molecular weight is 639 g/mol. The van der Waals surface area contributed by atoms with Gasteiger partial charge in [0.15, 0.2) is 4.80 Å². The molecule has 0 fully saturated rings. The summed E-state index contributed by atoms with van der Waals surface area (Å²) in [5, 5.41) is 0.525. The van der Waals surface area contributed by atoms with Crippen molar-refractivity contribution >= 4 is 46.6 Å². The van der Waals surface area contributed by atoms with Gasteiger partial charge in [-0.15, -0.1) is 0 Å². The fraction of sp³-hybridized carbons (Fsp3) is 0.143. The van der Waals surface area contributed by atoms with Crippen LogP contribution in [0.3, 0.4) is 0 Å². The second-order valence-electron chi connectivity index (χ2n) is 9.99. The van der Waals surface area contributed by atoms with Crippen molar-refractivity contribution in [1.29, 1.82) is 0 Å². The van der Waals surface area contributed by atoms with Crippen LogP contribution in [0.5, 0.6) is 0 Å². The van der Waals surface area contributed by atoms with Crippen molar-refractivity contribution in [1.82, 2.24) is 4.57 Å². The van der Waals surface area contributed by atoms with Crippen LogP contribution in [0.1, 0.15) is 47.1 Å². The molecule has 226 valence electrons. The van der Waals surface area contributed by atoms with Crippen molar-refractivity contribution in [2.75, 3.05) is 13.2 Å². The summed E-state index contributed by atoms with van der Waals surface area (Å²) in [5.41, 5.74) is 2.85. The third kappa shape index (κ3) is 6.05. The van der Waals surface area contributed by atoms with E-state index in [2.05, 4.69) is 0 Å². The normalized spacial score (nSPS) is 14.6. The number of hydrogen-bond donors (Lipinski definition) is 0. The maximum atomic E-state index is 14.1. The average Bonchev–Trinajstić information content (AvgIpc) is 3.65. The number of benzene rings is 3. The van der Waals surface area contributed by atoms with Crippen LogP contribution >= 0.6 is 22.9 Å². The van der Waals surface area contributed by atoms with Gasteiger partial charge in [0, 0.05) is 22.2 Å². The number of ether oxygens (including phenoxy) is 2. The minimum atomic E-state index is -0.812. The van der Waals surface area contributed by atoms with Gasteiger partial charge in [0.1, 0.15) is 11.5 Å². The lowest BCUT2D eigenvalue weighted by atomic mass is 9.93. The Kier molecular flexibility index (Phi) is 8.64. The summed E-state index contributed by atoms with van der Waals surface area (Å²) in [6, 6.07) is 26.0. The molecule has 1 aliphatic heterocycles. The van der Waals surface area contributed by atoms with Crippen LogP contribution < -0.4 is 14.9 Å². The fourth-order valence-electron chi connectivity index (χ4n) is 5.13. The van der Waals surface area contributed by atoms with Crippen molar-refractivity contribution in [2.24, 2.45) is 4.99 Å². The highest BCUT2D eigenvalue weighted by atomic mass is 35.5. The first kappa shape index (κ1) is 30.1. The van der Waals surface area contributed by atoms with Crippen LogP contribution in [0.25, 0.3) is 23.1 Å². The molecule has 2 aromatic heterocycles. The molecule has 5 aromatic rings. The summed E-state index contributed by atoms with van der Waals surface area (Å²) < 4.78 is 18.6. The SMILES string of the molecule is CCOC(=O)C1=C(c2ccccc2)N=c2s/c(=C\c3ccc(-c4cccc(C(=O)OCC)c4)o3)c(=O)n2C1c1ccc(Cl)cc1. The monoisotopic (exact) mass is 638 g/mol. The molecular weight excluding hydrogens is 612 g/mol. The molecule has 3 aromatic carbocycles. The quantitative estimate of drug-likeness (QED) is 0.193. The Morgan fingerprint density at radius 3 is 2.36 bits per heavy atom. The second-order valence-corrected chi connectivity index (χ2v) is 11.4. The Hall–Kier alpha value is -4.99. The van der Waals surface area contributed by atoms with Gasteiger partial charge in [-0.3, -0.25) is 9.36 Å². The zero-order valence-corrected chi connectivity index (χ0v) is 25.9. The molecule has 0 amide bonds. The Labute approximate surface area is 267 Å². The molecule has 0 saturated heterocycles. The zero-order chi connectivity index (χ0) is 31.5. The number of carbonyl (C=O) groups is 2. The summed E-state index contributed by atoms with van der Waals surface area (Å²) in [6.07, 6.45) is 1.65. The molecule has 8 nitrogen and oxygen atoms in total. The van der Waals surface area contributed by atoms with E-state index < -0.39 is 18.0 Å². The summed E-state index contributed by atoms with van der Waals surface area (Å²) >= 11 is 7.40. The summed E-state index contributed by atoms with van der Waals surface area (Å²) in [4.78, 5) is 45.1. The number of esters is 2. The highest BCUT2D eigenvalue weighted by molar-refractivity contribution is 7.07. The molecule has 1 atom stereocenters. The van der Waals surface area contributed by atoms with Crippen LogP contribution in [0.4, 0.5) is 0 Å². The number of aromatic nitrogens is 1. The maximum Gasteiger partial charge on any atom is 0.338 e. The highest BCUT2D eigenvalue weighted by Crippen LogP contribution is 2.35. The van der Waals surface area contributed by atoms with Gasteiger partial charge in [-0.25, -0.2) is 14.6 Å². The molecule has 0 N–H and O–H groups in total. The number of nitrogens with zero attached hydrogens (tertiary/aromatic N) is 2. The van der Waals surface area contributed by atoms with E-state index in [1.165, 1.54) is 15.9 Å². The van der Waals surface area contributed by atoms with Gasteiger partial charge >= 0.3 is 11.9 Å². The molecule has 0 bridgehead atoms. The van der Waals surface area contributed by atoms with E-state index in [0.29, 0.717) is 48.3 Å². The van der Waals surface area contributed by atoms with E-state index in [4.69, 9.17) is 30.5 Å². The maximum absolute atomic E-state index is 14.1. The van der Waals surface area contributed by atoms with Crippen molar-refractivity contribution in [3.8, 4) is 11.3 Å². The Morgan fingerprint density at radius 2 is 1.62 bits per heavy atom. The lowest BCUT2D eigenvalue weighted by Gasteiger charge is -2.25. The van der Waals surface area contributed by atoms with E-state index in [0.717, 1.165) is 5.56 Å². The van der Waals surface area contributed by atoms with Crippen molar-refractivity contribution in [3.63, 3.8) is 0 Å². The number of rotatable bonds is 8. The van der Waals surface area contributed by atoms with E-state index in [1.54, 1.807) is 74.5 Å². The fourth-order valence-corrected chi connectivity index (χ4v) is 6.24.